The van der Waals surface area contributed by atoms with Gasteiger partial charge in [-0.25, -0.2) is 4.98 Å². The summed E-state index contributed by atoms with van der Waals surface area (Å²) in [6, 6.07) is 8.19. The van der Waals surface area contributed by atoms with E-state index in [0.29, 0.717) is 5.69 Å². The highest BCUT2D eigenvalue weighted by atomic mass is 16.2. The van der Waals surface area contributed by atoms with Crippen LogP contribution in [-0.4, -0.2) is 27.8 Å². The normalized spacial score (nSPS) is 12.0. The summed E-state index contributed by atoms with van der Waals surface area (Å²) in [5.41, 5.74) is 3.48. The molecule has 0 aliphatic carbocycles. The lowest BCUT2D eigenvalue weighted by molar-refractivity contribution is 0.0736. The van der Waals surface area contributed by atoms with E-state index in [1.165, 1.54) is 11.8 Å². The minimum Gasteiger partial charge on any atom is -0.334 e. The lowest BCUT2D eigenvalue weighted by atomic mass is 10.1. The third-order valence-corrected chi connectivity index (χ3v) is 3.46. The molecule has 1 amide bonds. The van der Waals surface area contributed by atoms with Crippen molar-refractivity contribution in [3.63, 3.8) is 0 Å². The molecule has 1 atom stereocenters. The first-order valence-electron chi connectivity index (χ1n) is 6.61. The Morgan fingerprint density at radius 1 is 1.10 bits per heavy atom. The molecule has 1 aromatic carbocycles. The Balaban J connectivity index is 2.17. The number of amides is 1. The number of rotatable bonds is 3. The summed E-state index contributed by atoms with van der Waals surface area (Å²) in [7, 11) is 1.79. The first kappa shape index (κ1) is 14.2. The van der Waals surface area contributed by atoms with Crippen LogP contribution in [-0.2, 0) is 0 Å². The van der Waals surface area contributed by atoms with Crippen molar-refractivity contribution in [2.24, 2.45) is 0 Å². The quantitative estimate of drug-likeness (QED) is 0.860. The molecule has 0 spiro atoms. The smallest absolute Gasteiger partial charge is 0.274 e. The molecule has 0 saturated heterocycles. The Kier molecular flexibility index (Phi) is 4.13. The molecule has 2 rings (SSSR count). The monoisotopic (exact) mass is 269 g/mol. The molecule has 0 bridgehead atoms. The van der Waals surface area contributed by atoms with Crippen LogP contribution in [0.4, 0.5) is 0 Å². The number of carbonyl (C=O) groups is 1. The molecule has 1 heterocycles. The number of hydrogen-bond acceptors (Lipinski definition) is 3. The molecule has 4 nitrogen and oxygen atoms in total. The van der Waals surface area contributed by atoms with Gasteiger partial charge in [0.15, 0.2) is 0 Å². The number of nitrogens with zero attached hydrogens (tertiary/aromatic N) is 3. The molecule has 0 radical (unpaired) electrons. The maximum absolute atomic E-state index is 12.4. The van der Waals surface area contributed by atoms with Gasteiger partial charge in [0.1, 0.15) is 5.69 Å². The number of hydrogen-bond donors (Lipinski definition) is 0. The van der Waals surface area contributed by atoms with Gasteiger partial charge in [-0.3, -0.25) is 9.78 Å². The van der Waals surface area contributed by atoms with Crippen LogP contribution in [0.25, 0.3) is 0 Å². The molecule has 1 aromatic heterocycles. The summed E-state index contributed by atoms with van der Waals surface area (Å²) in [5.74, 6) is -0.120. The van der Waals surface area contributed by atoms with Crippen LogP contribution >= 0.6 is 0 Å². The third kappa shape index (κ3) is 3.02. The van der Waals surface area contributed by atoms with Crippen molar-refractivity contribution >= 4 is 5.91 Å². The van der Waals surface area contributed by atoms with Crippen molar-refractivity contribution in [2.45, 2.75) is 26.8 Å². The summed E-state index contributed by atoms with van der Waals surface area (Å²) >= 11 is 0. The van der Waals surface area contributed by atoms with Crippen LogP contribution in [0.5, 0.6) is 0 Å². The van der Waals surface area contributed by atoms with Gasteiger partial charge in [0.25, 0.3) is 5.91 Å². The van der Waals surface area contributed by atoms with E-state index in [4.69, 9.17) is 0 Å². The van der Waals surface area contributed by atoms with E-state index >= 15 is 0 Å². The summed E-state index contributed by atoms with van der Waals surface area (Å²) in [4.78, 5) is 22.3. The summed E-state index contributed by atoms with van der Waals surface area (Å²) in [6.07, 6.45) is 3.13. The van der Waals surface area contributed by atoms with Crippen molar-refractivity contribution in [3.8, 4) is 0 Å². The second-order valence-electron chi connectivity index (χ2n) is 5.05. The summed E-state index contributed by atoms with van der Waals surface area (Å²) < 4.78 is 0. The average molecular weight is 269 g/mol. The lowest BCUT2D eigenvalue weighted by Gasteiger charge is -2.25. The molecule has 20 heavy (non-hydrogen) atoms. The molecule has 0 fully saturated rings. The molecule has 104 valence electrons. The van der Waals surface area contributed by atoms with E-state index in [2.05, 4.69) is 22.1 Å². The zero-order valence-corrected chi connectivity index (χ0v) is 12.3. The number of aryl methyl sites for hydroxylation is 2. The third-order valence-electron chi connectivity index (χ3n) is 3.46. The molecule has 1 unspecified atom stereocenters. The van der Waals surface area contributed by atoms with Crippen LogP contribution in [0.3, 0.4) is 0 Å². The molecular weight excluding hydrogens is 250 g/mol. The molecule has 0 aliphatic heterocycles. The van der Waals surface area contributed by atoms with Crippen molar-refractivity contribution in [1.82, 2.24) is 14.9 Å². The summed E-state index contributed by atoms with van der Waals surface area (Å²) in [5, 5.41) is 0. The van der Waals surface area contributed by atoms with Gasteiger partial charge in [0.05, 0.1) is 17.9 Å². The van der Waals surface area contributed by atoms with Crippen molar-refractivity contribution in [3.05, 3.63) is 59.2 Å². The Morgan fingerprint density at radius 2 is 1.75 bits per heavy atom. The average Bonchev–Trinajstić information content (AvgIpc) is 2.46. The van der Waals surface area contributed by atoms with Gasteiger partial charge in [-0.1, -0.05) is 29.8 Å². The van der Waals surface area contributed by atoms with E-state index in [0.717, 1.165) is 11.3 Å². The van der Waals surface area contributed by atoms with Gasteiger partial charge in [-0.15, -0.1) is 0 Å². The molecule has 4 heteroatoms. The van der Waals surface area contributed by atoms with Crippen LogP contribution < -0.4 is 0 Å². The Bertz CT molecular complexity index is 590. The van der Waals surface area contributed by atoms with Gasteiger partial charge < -0.3 is 4.90 Å². The van der Waals surface area contributed by atoms with Crippen molar-refractivity contribution in [2.75, 3.05) is 7.05 Å². The fourth-order valence-electron chi connectivity index (χ4n) is 1.93. The van der Waals surface area contributed by atoms with Crippen LogP contribution in [0.15, 0.2) is 36.7 Å². The topological polar surface area (TPSA) is 46.1 Å². The van der Waals surface area contributed by atoms with Crippen LogP contribution in [0.1, 0.15) is 40.3 Å². The fourth-order valence-corrected chi connectivity index (χ4v) is 1.93. The van der Waals surface area contributed by atoms with Gasteiger partial charge in [0, 0.05) is 13.2 Å². The predicted octanol–water partition coefficient (Wildman–Crippen LogP) is 2.93. The molecular formula is C16H19N3O. The predicted molar refractivity (Wildman–Crippen MR) is 78.5 cm³/mol. The van der Waals surface area contributed by atoms with E-state index in [9.17, 15) is 4.79 Å². The van der Waals surface area contributed by atoms with E-state index < -0.39 is 0 Å². The Labute approximate surface area is 119 Å². The standard InChI is InChI=1S/C16H19N3O/c1-11-5-7-14(8-6-11)13(3)19(4)16(20)15-10-17-12(2)9-18-15/h5-10,13H,1-4H3. The van der Waals surface area contributed by atoms with Gasteiger partial charge >= 0.3 is 0 Å². The van der Waals surface area contributed by atoms with Gasteiger partial charge in [0.2, 0.25) is 0 Å². The number of benzene rings is 1. The Morgan fingerprint density at radius 3 is 2.30 bits per heavy atom. The Hall–Kier alpha value is -2.23. The second-order valence-corrected chi connectivity index (χ2v) is 5.05. The highest BCUT2D eigenvalue weighted by Crippen LogP contribution is 2.20. The first-order valence-corrected chi connectivity index (χ1v) is 6.61. The van der Waals surface area contributed by atoms with Crippen LogP contribution in [0, 0.1) is 13.8 Å². The maximum Gasteiger partial charge on any atom is 0.274 e. The molecule has 0 saturated carbocycles. The van der Waals surface area contributed by atoms with E-state index in [1.807, 2.05) is 32.9 Å². The maximum atomic E-state index is 12.4. The molecule has 0 aliphatic rings. The minimum absolute atomic E-state index is 0.00815. The van der Waals surface area contributed by atoms with E-state index in [1.54, 1.807) is 18.1 Å². The van der Waals surface area contributed by atoms with Gasteiger partial charge in [-0.05, 0) is 26.3 Å². The largest absolute Gasteiger partial charge is 0.334 e. The SMILES string of the molecule is Cc1ccc(C(C)N(C)C(=O)c2cnc(C)cn2)cc1. The van der Waals surface area contributed by atoms with Crippen molar-refractivity contribution in [1.29, 1.82) is 0 Å². The number of carbonyl (C=O) groups excluding carboxylic acids is 1. The van der Waals surface area contributed by atoms with E-state index in [-0.39, 0.29) is 11.9 Å². The summed E-state index contributed by atoms with van der Waals surface area (Å²) in [6.45, 7) is 5.90. The lowest BCUT2D eigenvalue weighted by Crippen LogP contribution is -2.30. The number of aromatic nitrogens is 2. The molecule has 0 N–H and O–H groups in total. The second kappa shape index (κ2) is 5.82. The first-order chi connectivity index (χ1) is 9.49. The van der Waals surface area contributed by atoms with Crippen molar-refractivity contribution < 1.29 is 4.79 Å². The highest BCUT2D eigenvalue weighted by Gasteiger charge is 2.20. The van der Waals surface area contributed by atoms with Crippen LogP contribution in [0.2, 0.25) is 0 Å². The zero-order chi connectivity index (χ0) is 14.7. The van der Waals surface area contributed by atoms with Gasteiger partial charge in [-0.2, -0.15) is 0 Å². The highest BCUT2D eigenvalue weighted by molar-refractivity contribution is 5.92. The zero-order valence-electron chi connectivity index (χ0n) is 12.3. The molecule has 2 aromatic rings. The fraction of sp³-hybridized carbons (Fsp3) is 0.312. The minimum atomic E-state index is -0.120.